The van der Waals surface area contributed by atoms with Crippen molar-refractivity contribution in [3.8, 4) is 0 Å². The summed E-state index contributed by atoms with van der Waals surface area (Å²) in [6.07, 6.45) is 0.334. The zero-order chi connectivity index (χ0) is 14.1. The van der Waals surface area contributed by atoms with E-state index in [0.29, 0.717) is 12.0 Å². The lowest BCUT2D eigenvalue weighted by Gasteiger charge is -2.09. The standard InChI is InChI=1S/C16H14N2O2/c1-10-4-2-3-5-13(10)18-16(20)11-6-7-14-12(8-11)9-15(19)17-14/h2-8H,9H2,1H3,(H,17,19)(H,18,20). The van der Waals surface area contributed by atoms with Crippen LogP contribution in [-0.4, -0.2) is 11.8 Å². The quantitative estimate of drug-likeness (QED) is 0.878. The Balaban J connectivity index is 1.84. The van der Waals surface area contributed by atoms with Crippen LogP contribution in [0.3, 0.4) is 0 Å². The molecule has 0 bridgehead atoms. The van der Waals surface area contributed by atoms with E-state index in [-0.39, 0.29) is 11.8 Å². The molecule has 1 aliphatic heterocycles. The second-order valence-corrected chi connectivity index (χ2v) is 4.87. The van der Waals surface area contributed by atoms with Crippen molar-refractivity contribution in [1.29, 1.82) is 0 Å². The first kappa shape index (κ1) is 12.4. The Morgan fingerprint density at radius 1 is 1.20 bits per heavy atom. The third kappa shape index (κ3) is 2.28. The first-order chi connectivity index (χ1) is 9.63. The van der Waals surface area contributed by atoms with Crippen molar-refractivity contribution >= 4 is 23.2 Å². The van der Waals surface area contributed by atoms with Crippen LogP contribution in [-0.2, 0) is 11.2 Å². The van der Waals surface area contributed by atoms with E-state index in [4.69, 9.17) is 0 Å². The Bertz CT molecular complexity index is 707. The Labute approximate surface area is 116 Å². The molecule has 0 spiro atoms. The number of hydrogen-bond donors (Lipinski definition) is 2. The summed E-state index contributed by atoms with van der Waals surface area (Å²) < 4.78 is 0. The van der Waals surface area contributed by atoms with Gasteiger partial charge in [0.2, 0.25) is 5.91 Å². The number of nitrogens with one attached hydrogen (secondary N) is 2. The molecule has 20 heavy (non-hydrogen) atoms. The van der Waals surface area contributed by atoms with Crippen molar-refractivity contribution in [3.63, 3.8) is 0 Å². The molecule has 3 rings (SSSR count). The van der Waals surface area contributed by atoms with Crippen molar-refractivity contribution in [1.82, 2.24) is 0 Å². The van der Waals surface area contributed by atoms with E-state index in [1.165, 1.54) is 0 Å². The summed E-state index contributed by atoms with van der Waals surface area (Å²) in [4.78, 5) is 23.5. The first-order valence-electron chi connectivity index (χ1n) is 6.43. The Morgan fingerprint density at radius 3 is 2.80 bits per heavy atom. The lowest BCUT2D eigenvalue weighted by Crippen LogP contribution is -2.12. The Morgan fingerprint density at radius 2 is 2.00 bits per heavy atom. The number of anilines is 2. The lowest BCUT2D eigenvalue weighted by atomic mass is 10.1. The number of carbonyl (C=O) groups excluding carboxylic acids is 2. The molecule has 1 aliphatic rings. The van der Waals surface area contributed by atoms with E-state index in [9.17, 15) is 9.59 Å². The average molecular weight is 266 g/mol. The highest BCUT2D eigenvalue weighted by molar-refractivity contribution is 6.06. The van der Waals surface area contributed by atoms with E-state index in [1.807, 2.05) is 31.2 Å². The van der Waals surface area contributed by atoms with Crippen LogP contribution in [0.5, 0.6) is 0 Å². The van der Waals surface area contributed by atoms with Crippen LogP contribution in [0.2, 0.25) is 0 Å². The molecule has 4 nitrogen and oxygen atoms in total. The van der Waals surface area contributed by atoms with Crippen molar-refractivity contribution in [2.45, 2.75) is 13.3 Å². The lowest BCUT2D eigenvalue weighted by molar-refractivity contribution is -0.115. The maximum absolute atomic E-state index is 12.2. The molecule has 2 aromatic rings. The normalized spacial score (nSPS) is 12.8. The van der Waals surface area contributed by atoms with E-state index < -0.39 is 0 Å². The van der Waals surface area contributed by atoms with Gasteiger partial charge in [0.05, 0.1) is 6.42 Å². The van der Waals surface area contributed by atoms with Gasteiger partial charge in [-0.2, -0.15) is 0 Å². The molecule has 0 aliphatic carbocycles. The molecular formula is C16H14N2O2. The zero-order valence-corrected chi connectivity index (χ0v) is 11.1. The van der Waals surface area contributed by atoms with Crippen molar-refractivity contribution in [3.05, 3.63) is 59.2 Å². The predicted octanol–water partition coefficient (Wildman–Crippen LogP) is 2.74. The highest BCUT2D eigenvalue weighted by Gasteiger charge is 2.19. The van der Waals surface area contributed by atoms with E-state index in [2.05, 4.69) is 10.6 Å². The SMILES string of the molecule is Cc1ccccc1NC(=O)c1ccc2c(c1)CC(=O)N2. The van der Waals surface area contributed by atoms with E-state index in [0.717, 1.165) is 22.5 Å². The maximum Gasteiger partial charge on any atom is 0.255 e. The molecule has 0 aromatic heterocycles. The highest BCUT2D eigenvalue weighted by Crippen LogP contribution is 2.24. The van der Waals surface area contributed by atoms with Gasteiger partial charge >= 0.3 is 0 Å². The highest BCUT2D eigenvalue weighted by atomic mass is 16.2. The molecule has 0 fully saturated rings. The summed E-state index contributed by atoms with van der Waals surface area (Å²) in [6.45, 7) is 1.95. The number of fused-ring (bicyclic) bond motifs is 1. The molecule has 0 atom stereocenters. The molecule has 100 valence electrons. The van der Waals surface area contributed by atoms with Gasteiger partial charge < -0.3 is 10.6 Å². The molecule has 2 aromatic carbocycles. The van der Waals surface area contributed by atoms with Gasteiger partial charge in [0.1, 0.15) is 0 Å². The van der Waals surface area contributed by atoms with Crippen molar-refractivity contribution in [2.75, 3.05) is 10.6 Å². The molecule has 0 saturated carbocycles. The zero-order valence-electron chi connectivity index (χ0n) is 11.1. The molecule has 2 amide bonds. The Kier molecular flexibility index (Phi) is 2.99. The van der Waals surface area contributed by atoms with Crippen LogP contribution < -0.4 is 10.6 Å². The van der Waals surface area contributed by atoms with Crippen LogP contribution in [0.4, 0.5) is 11.4 Å². The van der Waals surface area contributed by atoms with Crippen LogP contribution in [0.15, 0.2) is 42.5 Å². The molecule has 0 unspecified atom stereocenters. The monoisotopic (exact) mass is 266 g/mol. The van der Waals surface area contributed by atoms with E-state index in [1.54, 1.807) is 18.2 Å². The topological polar surface area (TPSA) is 58.2 Å². The largest absolute Gasteiger partial charge is 0.326 e. The fraction of sp³-hybridized carbons (Fsp3) is 0.125. The molecule has 0 radical (unpaired) electrons. The van der Waals surface area contributed by atoms with Crippen LogP contribution in [0.25, 0.3) is 0 Å². The minimum absolute atomic E-state index is 0.0311. The van der Waals surface area contributed by atoms with Gasteiger partial charge in [-0.25, -0.2) is 0 Å². The van der Waals surface area contributed by atoms with Gasteiger partial charge in [-0.15, -0.1) is 0 Å². The summed E-state index contributed by atoms with van der Waals surface area (Å²) in [5.41, 5.74) is 4.03. The second kappa shape index (κ2) is 4.81. The van der Waals surface area contributed by atoms with Crippen LogP contribution in [0.1, 0.15) is 21.5 Å². The molecule has 1 heterocycles. The van der Waals surface area contributed by atoms with Gasteiger partial charge in [-0.05, 0) is 42.3 Å². The maximum atomic E-state index is 12.2. The fourth-order valence-corrected chi connectivity index (χ4v) is 2.28. The minimum atomic E-state index is -0.165. The summed E-state index contributed by atoms with van der Waals surface area (Å²) in [5, 5.41) is 5.64. The number of para-hydroxylation sites is 1. The minimum Gasteiger partial charge on any atom is -0.326 e. The Hall–Kier alpha value is -2.62. The first-order valence-corrected chi connectivity index (χ1v) is 6.43. The molecular weight excluding hydrogens is 252 g/mol. The molecule has 4 heteroatoms. The van der Waals surface area contributed by atoms with E-state index >= 15 is 0 Å². The number of carbonyl (C=O) groups is 2. The number of rotatable bonds is 2. The number of aryl methyl sites for hydroxylation is 1. The van der Waals surface area contributed by atoms with Crippen molar-refractivity contribution < 1.29 is 9.59 Å². The fourth-order valence-electron chi connectivity index (χ4n) is 2.28. The summed E-state index contributed by atoms with van der Waals surface area (Å²) in [7, 11) is 0. The third-order valence-corrected chi connectivity index (χ3v) is 3.39. The summed E-state index contributed by atoms with van der Waals surface area (Å²) in [6, 6.07) is 12.9. The van der Waals surface area contributed by atoms with Gasteiger partial charge in [0.15, 0.2) is 0 Å². The average Bonchev–Trinajstić information content (AvgIpc) is 2.80. The number of hydrogen-bond acceptors (Lipinski definition) is 2. The van der Waals surface area contributed by atoms with Gasteiger partial charge in [-0.1, -0.05) is 18.2 Å². The van der Waals surface area contributed by atoms with Gasteiger partial charge in [0.25, 0.3) is 5.91 Å². The third-order valence-electron chi connectivity index (χ3n) is 3.39. The summed E-state index contributed by atoms with van der Waals surface area (Å²) >= 11 is 0. The summed E-state index contributed by atoms with van der Waals surface area (Å²) in [5.74, 6) is -0.196. The molecule has 2 N–H and O–H groups in total. The van der Waals surface area contributed by atoms with Gasteiger partial charge in [0, 0.05) is 16.9 Å². The molecule has 0 saturated heterocycles. The number of benzene rings is 2. The van der Waals surface area contributed by atoms with Crippen molar-refractivity contribution in [2.24, 2.45) is 0 Å². The van der Waals surface area contributed by atoms with Gasteiger partial charge in [-0.3, -0.25) is 9.59 Å². The predicted molar refractivity (Wildman–Crippen MR) is 77.9 cm³/mol. The smallest absolute Gasteiger partial charge is 0.255 e. The second-order valence-electron chi connectivity index (χ2n) is 4.87. The number of amides is 2. The van der Waals surface area contributed by atoms with Crippen LogP contribution in [0, 0.1) is 6.92 Å². The van der Waals surface area contributed by atoms with Crippen LogP contribution >= 0.6 is 0 Å².